The first kappa shape index (κ1) is 22.6. The van der Waals surface area contributed by atoms with E-state index >= 15 is 0 Å². The molecule has 1 atom stereocenters. The molecule has 0 aliphatic carbocycles. The summed E-state index contributed by atoms with van der Waals surface area (Å²) < 4.78 is 12.7. The maximum atomic E-state index is 13.6. The molecule has 1 aromatic carbocycles. The molecule has 7 nitrogen and oxygen atoms in total. The maximum absolute atomic E-state index is 13.6. The van der Waals surface area contributed by atoms with E-state index in [0.29, 0.717) is 33.4 Å². The summed E-state index contributed by atoms with van der Waals surface area (Å²) in [7, 11) is 0. The van der Waals surface area contributed by atoms with Gasteiger partial charge in [-0.1, -0.05) is 23.2 Å². The minimum Gasteiger partial charge on any atom is -0.381 e. The molecule has 174 valence electrons. The largest absolute Gasteiger partial charge is 0.381 e. The van der Waals surface area contributed by atoms with E-state index in [4.69, 9.17) is 37.7 Å². The Morgan fingerprint density at radius 1 is 1.00 bits per heavy atom. The molecular weight excluding hydrogens is 451 g/mol. The van der Waals surface area contributed by atoms with Crippen LogP contribution in [0.25, 0.3) is 10.9 Å². The number of likely N-dealkylation sites (tertiary alicyclic amines) is 1. The van der Waals surface area contributed by atoms with Crippen LogP contribution in [0.5, 0.6) is 0 Å². The lowest BCUT2D eigenvalue weighted by Gasteiger charge is -2.37. The van der Waals surface area contributed by atoms with Gasteiger partial charge in [0.2, 0.25) is 0 Å². The van der Waals surface area contributed by atoms with E-state index in [1.807, 2.05) is 4.57 Å². The monoisotopic (exact) mass is 480 g/mol. The molecule has 4 heterocycles. The summed E-state index contributed by atoms with van der Waals surface area (Å²) in [5, 5.41) is 1.35. The molecule has 2 aromatic rings. The minimum atomic E-state index is -0.0265. The van der Waals surface area contributed by atoms with Crippen molar-refractivity contribution in [1.29, 1.82) is 0 Å². The second kappa shape index (κ2) is 9.95. The van der Waals surface area contributed by atoms with Crippen molar-refractivity contribution < 1.29 is 9.47 Å². The lowest BCUT2D eigenvalue weighted by atomic mass is 9.95. The molecule has 0 saturated carbocycles. The number of benzene rings is 1. The minimum absolute atomic E-state index is 0.0265. The molecule has 0 unspecified atom stereocenters. The molecule has 0 spiro atoms. The molecule has 5 rings (SSSR count). The fourth-order valence-corrected chi connectivity index (χ4v) is 5.34. The molecule has 0 radical (unpaired) electrons. The van der Waals surface area contributed by atoms with Gasteiger partial charge in [0.15, 0.2) is 0 Å². The molecule has 3 saturated heterocycles. The molecule has 3 aliphatic rings. The van der Waals surface area contributed by atoms with E-state index in [2.05, 4.69) is 9.80 Å². The Balaban J connectivity index is 1.46. The van der Waals surface area contributed by atoms with Crippen LogP contribution in [-0.4, -0.2) is 85.0 Å². The van der Waals surface area contributed by atoms with E-state index < -0.39 is 0 Å². The number of nitrogens with zero attached hydrogens (tertiary/aromatic N) is 4. The summed E-state index contributed by atoms with van der Waals surface area (Å²) in [5.74, 6) is 1.73. The van der Waals surface area contributed by atoms with Crippen molar-refractivity contribution >= 4 is 34.1 Å². The highest BCUT2D eigenvalue weighted by Gasteiger charge is 2.29. The first-order valence-electron chi connectivity index (χ1n) is 11.6. The molecule has 0 amide bonds. The lowest BCUT2D eigenvalue weighted by Crippen LogP contribution is -2.44. The number of ether oxygens (including phenoxy) is 2. The average Bonchev–Trinajstić information content (AvgIpc) is 2.78. The average molecular weight is 481 g/mol. The van der Waals surface area contributed by atoms with E-state index in [-0.39, 0.29) is 11.5 Å². The maximum Gasteiger partial charge on any atom is 0.261 e. The van der Waals surface area contributed by atoms with E-state index in [9.17, 15) is 4.79 Å². The van der Waals surface area contributed by atoms with Gasteiger partial charge in [-0.25, -0.2) is 4.98 Å². The van der Waals surface area contributed by atoms with Crippen LogP contribution in [0.1, 0.15) is 24.6 Å². The number of morpholine rings is 1. The van der Waals surface area contributed by atoms with Crippen molar-refractivity contribution in [2.45, 2.75) is 25.3 Å². The predicted octanol–water partition coefficient (Wildman–Crippen LogP) is 2.86. The Morgan fingerprint density at radius 3 is 2.53 bits per heavy atom. The molecule has 0 bridgehead atoms. The standard InChI is InChI=1S/C23H30Cl2N4O3/c24-19-10-18-21(11-20(19)25)26-22(17-2-1-3-28(13-17)12-16-14-32-15-16)29(23(18)30)5-4-27-6-8-31-9-7-27/h10-11,16-17H,1-9,12-15H2/t17-/m1/s1. The fraction of sp³-hybridized carbons (Fsp3) is 0.652. The third-order valence-electron chi connectivity index (χ3n) is 6.86. The van der Waals surface area contributed by atoms with Gasteiger partial charge in [0.1, 0.15) is 5.82 Å². The molecule has 1 aromatic heterocycles. The van der Waals surface area contributed by atoms with Gasteiger partial charge in [0, 0.05) is 51.1 Å². The summed E-state index contributed by atoms with van der Waals surface area (Å²) in [6.07, 6.45) is 2.14. The Kier molecular flexibility index (Phi) is 7.02. The zero-order valence-corrected chi connectivity index (χ0v) is 19.8. The van der Waals surface area contributed by atoms with Crippen LogP contribution in [0.15, 0.2) is 16.9 Å². The smallest absolute Gasteiger partial charge is 0.261 e. The van der Waals surface area contributed by atoms with Gasteiger partial charge in [0.25, 0.3) is 5.56 Å². The van der Waals surface area contributed by atoms with Crippen LogP contribution in [0, 0.1) is 5.92 Å². The van der Waals surface area contributed by atoms with E-state index in [1.165, 1.54) is 0 Å². The summed E-state index contributed by atoms with van der Waals surface area (Å²) in [6, 6.07) is 3.38. The van der Waals surface area contributed by atoms with Gasteiger partial charge in [-0.2, -0.15) is 0 Å². The van der Waals surface area contributed by atoms with Gasteiger partial charge < -0.3 is 14.4 Å². The van der Waals surface area contributed by atoms with Crippen molar-refractivity contribution in [1.82, 2.24) is 19.4 Å². The zero-order valence-electron chi connectivity index (χ0n) is 18.3. The van der Waals surface area contributed by atoms with Crippen LogP contribution in [0.2, 0.25) is 10.0 Å². The Morgan fingerprint density at radius 2 is 1.78 bits per heavy atom. The first-order chi connectivity index (χ1) is 15.6. The third-order valence-corrected chi connectivity index (χ3v) is 7.59. The van der Waals surface area contributed by atoms with Gasteiger partial charge in [-0.15, -0.1) is 0 Å². The Labute approximate surface area is 198 Å². The number of fused-ring (bicyclic) bond motifs is 1. The molecular formula is C23H30Cl2N4O3. The third kappa shape index (κ3) is 4.83. The normalized spacial score (nSPS) is 23.5. The second-order valence-corrected chi connectivity index (χ2v) is 9.98. The topological polar surface area (TPSA) is 59.8 Å². The number of piperidine rings is 1. The van der Waals surface area contributed by atoms with Crippen molar-refractivity contribution in [3.8, 4) is 0 Å². The van der Waals surface area contributed by atoms with Crippen molar-refractivity contribution in [3.63, 3.8) is 0 Å². The quantitative estimate of drug-likeness (QED) is 0.633. The highest BCUT2D eigenvalue weighted by atomic mass is 35.5. The predicted molar refractivity (Wildman–Crippen MR) is 126 cm³/mol. The SMILES string of the molecule is O=c1c2cc(Cl)c(Cl)cc2nc([C@@H]2CCCN(CC3COC3)C2)n1CCN1CCOCC1. The number of aromatic nitrogens is 2. The van der Waals surface area contributed by atoms with E-state index in [0.717, 1.165) is 84.4 Å². The Hall–Kier alpha value is -1.22. The molecule has 9 heteroatoms. The highest BCUT2D eigenvalue weighted by molar-refractivity contribution is 6.42. The first-order valence-corrected chi connectivity index (χ1v) is 12.3. The van der Waals surface area contributed by atoms with Crippen LogP contribution < -0.4 is 5.56 Å². The molecule has 3 aliphatic heterocycles. The van der Waals surface area contributed by atoms with Gasteiger partial charge >= 0.3 is 0 Å². The lowest BCUT2D eigenvalue weighted by molar-refractivity contribution is -0.0492. The summed E-state index contributed by atoms with van der Waals surface area (Å²) >= 11 is 12.5. The molecule has 0 N–H and O–H groups in total. The fourth-order valence-electron chi connectivity index (χ4n) is 5.01. The summed E-state index contributed by atoms with van der Waals surface area (Å²) in [4.78, 5) is 23.5. The van der Waals surface area contributed by atoms with Gasteiger partial charge in [0.05, 0.1) is 47.4 Å². The van der Waals surface area contributed by atoms with Crippen molar-refractivity contribution in [3.05, 3.63) is 38.4 Å². The van der Waals surface area contributed by atoms with E-state index in [1.54, 1.807) is 12.1 Å². The highest BCUT2D eigenvalue weighted by Crippen LogP contribution is 2.30. The second-order valence-electron chi connectivity index (χ2n) is 9.17. The number of hydrogen-bond acceptors (Lipinski definition) is 6. The van der Waals surface area contributed by atoms with Crippen LogP contribution in [0.4, 0.5) is 0 Å². The van der Waals surface area contributed by atoms with Crippen molar-refractivity contribution in [2.24, 2.45) is 5.92 Å². The number of hydrogen-bond donors (Lipinski definition) is 0. The molecule has 32 heavy (non-hydrogen) atoms. The van der Waals surface area contributed by atoms with Crippen LogP contribution >= 0.6 is 23.2 Å². The number of halogens is 2. The van der Waals surface area contributed by atoms with Gasteiger partial charge in [-0.05, 0) is 31.5 Å². The summed E-state index contributed by atoms with van der Waals surface area (Å²) in [6.45, 7) is 9.50. The van der Waals surface area contributed by atoms with Crippen LogP contribution in [-0.2, 0) is 16.0 Å². The van der Waals surface area contributed by atoms with Crippen molar-refractivity contribution in [2.75, 3.05) is 65.7 Å². The van der Waals surface area contributed by atoms with Gasteiger partial charge in [-0.3, -0.25) is 14.3 Å². The Bertz CT molecular complexity index is 1020. The van der Waals surface area contributed by atoms with Crippen LogP contribution in [0.3, 0.4) is 0 Å². The zero-order chi connectivity index (χ0) is 22.1. The number of rotatable bonds is 6. The molecule has 3 fully saturated rings. The summed E-state index contributed by atoms with van der Waals surface area (Å²) in [5.41, 5.74) is 0.605.